The average molecular weight is 278 g/mol. The Morgan fingerprint density at radius 1 is 1.25 bits per heavy atom. The van der Waals surface area contributed by atoms with Crippen LogP contribution in [0.5, 0.6) is 5.75 Å². The van der Waals surface area contributed by atoms with Crippen LogP contribution in [0, 0.1) is 5.82 Å². The highest BCUT2D eigenvalue weighted by Crippen LogP contribution is 2.29. The molecule has 0 saturated carbocycles. The van der Waals surface area contributed by atoms with Crippen LogP contribution in [-0.2, 0) is 0 Å². The van der Waals surface area contributed by atoms with E-state index in [1.807, 2.05) is 4.90 Å². The Labute approximate surface area is 115 Å². The highest BCUT2D eigenvalue weighted by Gasteiger charge is 2.20. The van der Waals surface area contributed by atoms with Crippen molar-refractivity contribution in [1.82, 2.24) is 15.0 Å². The fourth-order valence-corrected chi connectivity index (χ4v) is 2.15. The quantitative estimate of drug-likeness (QED) is 0.894. The van der Waals surface area contributed by atoms with Gasteiger partial charge in [-0.2, -0.15) is 4.98 Å². The predicted octanol–water partition coefficient (Wildman–Crippen LogP) is 1.33. The molecule has 1 saturated heterocycles. The number of hydrogen-bond acceptors (Lipinski definition) is 6. The Hall–Kier alpha value is -2.15. The van der Waals surface area contributed by atoms with Crippen LogP contribution in [0.25, 0.3) is 11.5 Å². The van der Waals surface area contributed by atoms with Crippen molar-refractivity contribution in [1.29, 1.82) is 0 Å². The number of likely N-dealkylation sites (N-methyl/N-ethyl adjacent to an activating group) is 1. The van der Waals surface area contributed by atoms with E-state index in [0.717, 1.165) is 32.2 Å². The first-order valence-electron chi connectivity index (χ1n) is 6.39. The summed E-state index contributed by atoms with van der Waals surface area (Å²) < 4.78 is 18.1. The van der Waals surface area contributed by atoms with Crippen molar-refractivity contribution in [2.75, 3.05) is 38.1 Å². The summed E-state index contributed by atoms with van der Waals surface area (Å²) in [5, 5.41) is 13.6. The highest BCUT2D eigenvalue weighted by molar-refractivity contribution is 5.62. The van der Waals surface area contributed by atoms with Gasteiger partial charge < -0.3 is 19.4 Å². The maximum Gasteiger partial charge on any atom is 0.266 e. The average Bonchev–Trinajstić information content (AvgIpc) is 2.89. The van der Waals surface area contributed by atoms with Crippen molar-refractivity contribution in [3.8, 4) is 17.2 Å². The number of halogens is 1. The molecule has 0 aliphatic carbocycles. The van der Waals surface area contributed by atoms with Gasteiger partial charge in [0.2, 0.25) is 0 Å². The minimum absolute atomic E-state index is 0.191. The first-order valence-corrected chi connectivity index (χ1v) is 6.39. The molecule has 1 aromatic heterocycles. The molecule has 20 heavy (non-hydrogen) atoms. The van der Waals surface area contributed by atoms with Gasteiger partial charge in [-0.1, -0.05) is 0 Å². The number of aromatic hydroxyl groups is 1. The second-order valence-corrected chi connectivity index (χ2v) is 4.85. The third kappa shape index (κ3) is 2.44. The topological polar surface area (TPSA) is 65.6 Å². The van der Waals surface area contributed by atoms with E-state index in [2.05, 4.69) is 22.1 Å². The minimum atomic E-state index is -0.509. The van der Waals surface area contributed by atoms with E-state index in [1.165, 1.54) is 12.1 Å². The fourth-order valence-electron chi connectivity index (χ4n) is 2.15. The van der Waals surface area contributed by atoms with Gasteiger partial charge in [-0.05, 0) is 24.3 Å². The van der Waals surface area contributed by atoms with Crippen molar-refractivity contribution < 1.29 is 14.0 Å². The monoisotopic (exact) mass is 278 g/mol. The summed E-state index contributed by atoms with van der Waals surface area (Å²) in [5.41, 5.74) is 0.333. The molecule has 2 aromatic rings. The van der Waals surface area contributed by atoms with Crippen molar-refractivity contribution in [3.05, 3.63) is 24.0 Å². The summed E-state index contributed by atoms with van der Waals surface area (Å²) >= 11 is 0. The molecule has 1 aliphatic heterocycles. The minimum Gasteiger partial charge on any atom is -0.507 e. The molecule has 106 valence electrons. The van der Waals surface area contributed by atoms with Crippen LogP contribution in [0.15, 0.2) is 22.7 Å². The lowest BCUT2D eigenvalue weighted by atomic mass is 10.2. The summed E-state index contributed by atoms with van der Waals surface area (Å²) in [6.45, 7) is 3.52. The maximum atomic E-state index is 13.0. The molecule has 0 radical (unpaired) electrons. The third-order valence-electron chi connectivity index (χ3n) is 3.39. The molecule has 0 spiro atoms. The van der Waals surface area contributed by atoms with E-state index < -0.39 is 5.82 Å². The second-order valence-electron chi connectivity index (χ2n) is 4.85. The standard InChI is InChI=1S/C13H15FN4O2/c1-17-4-6-18(7-5-17)13-15-12(20-16-13)10-3-2-9(14)8-11(10)19/h2-3,8,19H,4-7H2,1H3. The van der Waals surface area contributed by atoms with Crippen LogP contribution in [0.1, 0.15) is 0 Å². The molecule has 1 aromatic carbocycles. The number of hydrogen-bond donors (Lipinski definition) is 1. The van der Waals surface area contributed by atoms with Gasteiger partial charge in [-0.3, -0.25) is 0 Å². The molecule has 1 fully saturated rings. The Morgan fingerprint density at radius 2 is 2.00 bits per heavy atom. The van der Waals surface area contributed by atoms with E-state index in [9.17, 15) is 9.50 Å². The molecule has 1 N–H and O–H groups in total. The van der Waals surface area contributed by atoms with Gasteiger partial charge in [0, 0.05) is 32.2 Å². The molecule has 0 atom stereocenters. The van der Waals surface area contributed by atoms with Crippen LogP contribution >= 0.6 is 0 Å². The lowest BCUT2D eigenvalue weighted by Gasteiger charge is -2.31. The smallest absolute Gasteiger partial charge is 0.266 e. The number of aromatic nitrogens is 2. The Morgan fingerprint density at radius 3 is 2.70 bits per heavy atom. The van der Waals surface area contributed by atoms with Crippen molar-refractivity contribution in [2.45, 2.75) is 0 Å². The molecular weight excluding hydrogens is 263 g/mol. The van der Waals surface area contributed by atoms with Crippen LogP contribution in [0.2, 0.25) is 0 Å². The Kier molecular flexibility index (Phi) is 3.27. The van der Waals surface area contributed by atoms with Gasteiger partial charge >= 0.3 is 0 Å². The zero-order valence-electron chi connectivity index (χ0n) is 11.1. The summed E-state index contributed by atoms with van der Waals surface area (Å²) in [4.78, 5) is 8.51. The van der Waals surface area contributed by atoms with E-state index in [4.69, 9.17) is 4.52 Å². The number of phenols is 1. The first kappa shape index (κ1) is 12.9. The maximum absolute atomic E-state index is 13.0. The molecule has 1 aliphatic rings. The number of piperazine rings is 1. The number of rotatable bonds is 2. The normalized spacial score (nSPS) is 16.6. The number of anilines is 1. The van der Waals surface area contributed by atoms with E-state index in [0.29, 0.717) is 11.5 Å². The Balaban J connectivity index is 1.83. The lowest BCUT2D eigenvalue weighted by Crippen LogP contribution is -2.44. The van der Waals surface area contributed by atoms with Crippen molar-refractivity contribution >= 4 is 5.95 Å². The summed E-state index contributed by atoms with van der Waals surface area (Å²) in [7, 11) is 2.07. The molecule has 6 nitrogen and oxygen atoms in total. The van der Waals surface area contributed by atoms with Crippen LogP contribution in [-0.4, -0.2) is 53.4 Å². The third-order valence-corrected chi connectivity index (χ3v) is 3.39. The zero-order chi connectivity index (χ0) is 14.1. The zero-order valence-corrected chi connectivity index (χ0v) is 11.1. The van der Waals surface area contributed by atoms with Gasteiger partial charge in [-0.25, -0.2) is 4.39 Å². The predicted molar refractivity (Wildman–Crippen MR) is 71.1 cm³/mol. The Bertz CT molecular complexity index is 608. The summed E-state index contributed by atoms with van der Waals surface area (Å²) in [5.74, 6) is -0.0307. The van der Waals surface area contributed by atoms with Gasteiger partial charge in [0.15, 0.2) is 0 Å². The van der Waals surface area contributed by atoms with Gasteiger partial charge in [-0.15, -0.1) is 0 Å². The lowest BCUT2D eigenvalue weighted by molar-refractivity contribution is 0.309. The number of nitrogens with zero attached hydrogens (tertiary/aromatic N) is 4. The van der Waals surface area contributed by atoms with Crippen LogP contribution < -0.4 is 4.90 Å². The summed E-state index contributed by atoms with van der Waals surface area (Å²) in [6.07, 6.45) is 0. The molecule has 0 bridgehead atoms. The molecular formula is C13H15FN4O2. The number of phenolic OH excluding ortho intramolecular Hbond substituents is 1. The van der Waals surface area contributed by atoms with Crippen molar-refractivity contribution in [2.24, 2.45) is 0 Å². The van der Waals surface area contributed by atoms with Gasteiger partial charge in [0.1, 0.15) is 11.6 Å². The van der Waals surface area contributed by atoms with E-state index in [1.54, 1.807) is 0 Å². The van der Waals surface area contributed by atoms with Gasteiger partial charge in [0.05, 0.1) is 5.56 Å². The van der Waals surface area contributed by atoms with Crippen LogP contribution in [0.4, 0.5) is 10.3 Å². The second kappa shape index (κ2) is 5.09. The fraction of sp³-hybridized carbons (Fsp3) is 0.385. The van der Waals surface area contributed by atoms with E-state index in [-0.39, 0.29) is 11.6 Å². The molecule has 2 heterocycles. The molecule has 3 rings (SSSR count). The van der Waals surface area contributed by atoms with Gasteiger partial charge in [0.25, 0.3) is 11.8 Å². The first-order chi connectivity index (χ1) is 9.63. The van der Waals surface area contributed by atoms with E-state index >= 15 is 0 Å². The molecule has 0 unspecified atom stereocenters. The van der Waals surface area contributed by atoms with Crippen LogP contribution in [0.3, 0.4) is 0 Å². The molecule has 0 amide bonds. The summed E-state index contributed by atoms with van der Waals surface area (Å²) in [6, 6.07) is 3.69. The molecule has 7 heteroatoms. The highest BCUT2D eigenvalue weighted by atomic mass is 19.1. The number of benzene rings is 1. The SMILES string of the molecule is CN1CCN(c2noc(-c3ccc(F)cc3O)n2)CC1. The van der Waals surface area contributed by atoms with Crippen molar-refractivity contribution in [3.63, 3.8) is 0 Å². The largest absolute Gasteiger partial charge is 0.507 e.